The van der Waals surface area contributed by atoms with Crippen LogP contribution < -0.4 is 0 Å². The van der Waals surface area contributed by atoms with Crippen LogP contribution in [-0.2, 0) is 17.9 Å². The average molecular weight is 310 g/mol. The van der Waals surface area contributed by atoms with Crippen molar-refractivity contribution in [2.45, 2.75) is 45.3 Å². The van der Waals surface area contributed by atoms with Crippen LogP contribution in [0.2, 0.25) is 0 Å². The van der Waals surface area contributed by atoms with E-state index in [-0.39, 0.29) is 0 Å². The van der Waals surface area contributed by atoms with Gasteiger partial charge in [-0.3, -0.25) is 9.67 Å². The van der Waals surface area contributed by atoms with Gasteiger partial charge in [0.05, 0.1) is 17.2 Å². The largest absolute Gasteiger partial charge is 0.378 e. The van der Waals surface area contributed by atoms with Gasteiger partial charge < -0.3 is 4.74 Å². The van der Waals surface area contributed by atoms with Crippen LogP contribution in [0, 0.1) is 4.77 Å². The Hall–Kier alpha value is -1.05. The zero-order chi connectivity index (χ0) is 14.1. The van der Waals surface area contributed by atoms with Crippen LogP contribution in [0.3, 0.4) is 0 Å². The van der Waals surface area contributed by atoms with Gasteiger partial charge in [-0.15, -0.1) is 11.3 Å². The first kappa shape index (κ1) is 13.9. The summed E-state index contributed by atoms with van der Waals surface area (Å²) in [7, 11) is 1.70. The molecule has 1 fully saturated rings. The number of aromatic amines is 1. The van der Waals surface area contributed by atoms with Crippen LogP contribution in [0.1, 0.15) is 42.8 Å². The summed E-state index contributed by atoms with van der Waals surface area (Å²) in [6, 6.07) is 0. The molecule has 0 amide bonds. The van der Waals surface area contributed by atoms with Gasteiger partial charge in [0, 0.05) is 19.6 Å². The number of methoxy groups -OCH3 is 1. The van der Waals surface area contributed by atoms with E-state index in [1.54, 1.807) is 18.4 Å². The Labute approximate surface area is 127 Å². The molecule has 1 saturated carbocycles. The highest BCUT2D eigenvalue weighted by Crippen LogP contribution is 2.45. The summed E-state index contributed by atoms with van der Waals surface area (Å²) in [6.07, 6.45) is 3.48. The number of nitrogens with one attached hydrogen (secondary N) is 1. The number of thiazole rings is 1. The molecule has 2 aromatic heterocycles. The predicted molar refractivity (Wildman–Crippen MR) is 81.5 cm³/mol. The van der Waals surface area contributed by atoms with Crippen molar-refractivity contribution in [3.63, 3.8) is 0 Å². The minimum Gasteiger partial charge on any atom is -0.378 e. The second kappa shape index (κ2) is 5.75. The Bertz CT molecular complexity index is 654. The minimum atomic E-state index is 0.559. The summed E-state index contributed by atoms with van der Waals surface area (Å²) in [5, 5.41) is 8.35. The molecule has 1 N–H and O–H groups in total. The SMILES string of the molecule is CCCn1c(-c2sc(COC)nc2C2CC2)n[nH]c1=S. The van der Waals surface area contributed by atoms with E-state index in [0.29, 0.717) is 17.3 Å². The molecule has 0 aromatic carbocycles. The van der Waals surface area contributed by atoms with Crippen molar-refractivity contribution in [2.75, 3.05) is 7.11 Å². The molecule has 0 radical (unpaired) electrons. The smallest absolute Gasteiger partial charge is 0.195 e. The number of ether oxygens (including phenoxy) is 1. The Kier molecular flexibility index (Phi) is 4.00. The third-order valence-corrected chi connectivity index (χ3v) is 4.69. The molecule has 2 heterocycles. The Balaban J connectivity index is 2.06. The normalized spacial score (nSPS) is 14.9. The number of hydrogen-bond acceptors (Lipinski definition) is 5. The first-order valence-electron chi connectivity index (χ1n) is 6.88. The molecule has 0 aliphatic heterocycles. The topological polar surface area (TPSA) is 55.7 Å². The number of rotatable bonds is 6. The lowest BCUT2D eigenvalue weighted by Crippen LogP contribution is -2.00. The number of H-pyrrole nitrogens is 1. The van der Waals surface area contributed by atoms with Crippen molar-refractivity contribution in [1.82, 2.24) is 19.7 Å². The van der Waals surface area contributed by atoms with E-state index in [0.717, 1.165) is 28.7 Å². The van der Waals surface area contributed by atoms with Gasteiger partial charge in [-0.2, -0.15) is 5.10 Å². The molecule has 108 valence electrons. The molecule has 1 aliphatic rings. The quantitative estimate of drug-likeness (QED) is 0.830. The van der Waals surface area contributed by atoms with Crippen molar-refractivity contribution >= 4 is 23.6 Å². The average Bonchev–Trinajstić information content (AvgIpc) is 3.11. The van der Waals surface area contributed by atoms with E-state index < -0.39 is 0 Å². The van der Waals surface area contributed by atoms with Crippen LogP contribution in [0.15, 0.2) is 0 Å². The molecule has 7 heteroatoms. The molecule has 20 heavy (non-hydrogen) atoms. The number of hydrogen-bond donors (Lipinski definition) is 1. The van der Waals surface area contributed by atoms with E-state index in [1.807, 2.05) is 0 Å². The van der Waals surface area contributed by atoms with Gasteiger partial charge in [-0.05, 0) is 31.5 Å². The predicted octanol–water partition coefficient (Wildman–Crippen LogP) is 3.50. The number of nitrogens with zero attached hydrogens (tertiary/aromatic N) is 3. The third-order valence-electron chi connectivity index (χ3n) is 3.34. The van der Waals surface area contributed by atoms with E-state index in [1.165, 1.54) is 18.5 Å². The number of aromatic nitrogens is 4. The van der Waals surface area contributed by atoms with Crippen molar-refractivity contribution in [2.24, 2.45) is 0 Å². The van der Waals surface area contributed by atoms with Crippen LogP contribution in [0.5, 0.6) is 0 Å². The maximum atomic E-state index is 5.33. The molecular weight excluding hydrogens is 292 g/mol. The molecule has 3 rings (SSSR count). The summed E-state index contributed by atoms with van der Waals surface area (Å²) < 4.78 is 7.97. The lowest BCUT2D eigenvalue weighted by atomic mass is 10.2. The maximum Gasteiger partial charge on any atom is 0.195 e. The molecular formula is C13H18N4OS2. The molecule has 0 unspecified atom stereocenters. The molecule has 5 nitrogen and oxygen atoms in total. The molecule has 0 saturated heterocycles. The summed E-state index contributed by atoms with van der Waals surface area (Å²) in [4.78, 5) is 5.89. The standard InChI is InChI=1S/C13H18N4OS2/c1-3-6-17-12(15-16-13(17)19)11-10(8-4-5-8)14-9(20-11)7-18-2/h8H,3-7H2,1-2H3,(H,16,19). The monoisotopic (exact) mass is 310 g/mol. The van der Waals surface area contributed by atoms with Crippen molar-refractivity contribution < 1.29 is 4.74 Å². The van der Waals surface area contributed by atoms with Gasteiger partial charge >= 0.3 is 0 Å². The molecule has 0 spiro atoms. The molecule has 1 aliphatic carbocycles. The van der Waals surface area contributed by atoms with E-state index in [4.69, 9.17) is 21.9 Å². The lowest BCUT2D eigenvalue weighted by Gasteiger charge is -2.04. The molecule has 0 bridgehead atoms. The van der Waals surface area contributed by atoms with Crippen molar-refractivity contribution in [3.05, 3.63) is 15.5 Å². The summed E-state index contributed by atoms with van der Waals surface area (Å²) in [5.74, 6) is 1.52. The Morgan fingerprint density at radius 1 is 1.50 bits per heavy atom. The second-order valence-corrected chi connectivity index (χ2v) is 6.50. The zero-order valence-corrected chi connectivity index (χ0v) is 13.3. The van der Waals surface area contributed by atoms with Gasteiger partial charge in [0.15, 0.2) is 10.6 Å². The zero-order valence-electron chi connectivity index (χ0n) is 11.7. The Morgan fingerprint density at radius 3 is 2.95 bits per heavy atom. The highest BCUT2D eigenvalue weighted by molar-refractivity contribution is 7.71. The van der Waals surface area contributed by atoms with Crippen molar-refractivity contribution in [3.8, 4) is 10.7 Å². The van der Waals surface area contributed by atoms with Crippen molar-refractivity contribution in [1.29, 1.82) is 0 Å². The van der Waals surface area contributed by atoms with E-state index in [2.05, 4.69) is 21.7 Å². The fourth-order valence-electron chi connectivity index (χ4n) is 2.28. The third kappa shape index (κ3) is 2.57. The summed E-state index contributed by atoms with van der Waals surface area (Å²) in [6.45, 7) is 3.58. The van der Waals surface area contributed by atoms with Gasteiger partial charge in [-0.1, -0.05) is 6.92 Å². The van der Waals surface area contributed by atoms with E-state index >= 15 is 0 Å². The maximum absolute atomic E-state index is 5.33. The van der Waals surface area contributed by atoms with Crippen LogP contribution in [-0.4, -0.2) is 26.9 Å². The first-order valence-corrected chi connectivity index (χ1v) is 8.11. The summed E-state index contributed by atoms with van der Waals surface area (Å²) in [5.41, 5.74) is 1.17. The van der Waals surface area contributed by atoms with Crippen LogP contribution >= 0.6 is 23.6 Å². The van der Waals surface area contributed by atoms with Gasteiger partial charge in [0.1, 0.15) is 5.01 Å². The lowest BCUT2D eigenvalue weighted by molar-refractivity contribution is 0.184. The highest BCUT2D eigenvalue weighted by atomic mass is 32.1. The molecule has 2 aromatic rings. The fraction of sp³-hybridized carbons (Fsp3) is 0.615. The van der Waals surface area contributed by atoms with E-state index in [9.17, 15) is 0 Å². The first-order chi connectivity index (χ1) is 9.74. The fourth-order valence-corrected chi connectivity index (χ4v) is 3.62. The summed E-state index contributed by atoms with van der Waals surface area (Å²) >= 11 is 7.00. The van der Waals surface area contributed by atoms with Gasteiger partial charge in [-0.25, -0.2) is 4.98 Å². The second-order valence-electron chi connectivity index (χ2n) is 5.03. The van der Waals surface area contributed by atoms with Gasteiger partial charge in [0.25, 0.3) is 0 Å². The Morgan fingerprint density at radius 2 is 2.30 bits per heavy atom. The highest BCUT2D eigenvalue weighted by Gasteiger charge is 2.31. The molecule has 0 atom stereocenters. The minimum absolute atomic E-state index is 0.559. The van der Waals surface area contributed by atoms with Gasteiger partial charge in [0.2, 0.25) is 0 Å². The van der Waals surface area contributed by atoms with Crippen LogP contribution in [0.25, 0.3) is 10.7 Å². The van der Waals surface area contributed by atoms with Crippen LogP contribution in [0.4, 0.5) is 0 Å².